The lowest BCUT2D eigenvalue weighted by atomic mass is 10.1. The molecule has 0 radical (unpaired) electrons. The van der Waals surface area contributed by atoms with Crippen LogP contribution in [0.3, 0.4) is 0 Å². The fourth-order valence-electron chi connectivity index (χ4n) is 2.91. The highest BCUT2D eigenvalue weighted by Crippen LogP contribution is 2.37. The third-order valence-corrected chi connectivity index (χ3v) is 6.78. The van der Waals surface area contributed by atoms with Gasteiger partial charge in [0, 0.05) is 28.5 Å². The highest BCUT2D eigenvalue weighted by atomic mass is 32.3. The molecule has 0 heterocycles. The van der Waals surface area contributed by atoms with Gasteiger partial charge in [0.1, 0.15) is 17.3 Å². The van der Waals surface area contributed by atoms with Crippen LogP contribution in [0.2, 0.25) is 0 Å². The van der Waals surface area contributed by atoms with Crippen LogP contribution >= 0.6 is 0 Å². The van der Waals surface area contributed by atoms with Gasteiger partial charge in [0.2, 0.25) is 0 Å². The van der Waals surface area contributed by atoms with Crippen molar-refractivity contribution in [2.45, 2.75) is 17.7 Å². The lowest BCUT2D eigenvalue weighted by Crippen LogP contribution is -2.06. The zero-order valence-corrected chi connectivity index (χ0v) is 16.2. The lowest BCUT2D eigenvalue weighted by molar-refractivity contribution is 0.0992. The average molecular weight is 424 g/mol. The molecule has 0 saturated carbocycles. The maximum Gasteiger partial charge on any atom is 0.256 e. The number of hydrogen-bond donors (Lipinski definition) is 0. The maximum absolute atomic E-state index is 13.6. The van der Waals surface area contributed by atoms with Gasteiger partial charge in [-0.15, -0.1) is 3.77 Å². The number of rotatable bonds is 5. The molecular weight excluding hydrogens is 410 g/mol. The molecule has 1 aliphatic rings. The van der Waals surface area contributed by atoms with Crippen LogP contribution in [0.25, 0.3) is 0 Å². The van der Waals surface area contributed by atoms with Gasteiger partial charge < -0.3 is 4.74 Å². The SMILES string of the molecule is CS(=O)(=O)/N=S(/CF)c1ccc(Oc2cc(F)cc(C#N)c2)c2c1C(=O)CC2. The molecule has 146 valence electrons. The van der Waals surface area contributed by atoms with E-state index in [1.165, 1.54) is 18.2 Å². The Bertz CT molecular complexity index is 1150. The normalized spacial score (nSPS) is 14.6. The number of ketones is 1. The van der Waals surface area contributed by atoms with Crippen molar-refractivity contribution >= 4 is 26.5 Å². The summed E-state index contributed by atoms with van der Waals surface area (Å²) < 4.78 is 59.2. The molecule has 0 spiro atoms. The highest BCUT2D eigenvalue weighted by molar-refractivity contribution is 7.99. The number of sulfonamides is 1. The van der Waals surface area contributed by atoms with Crippen LogP contribution in [0.4, 0.5) is 8.78 Å². The number of ether oxygens (including phenoxy) is 1. The van der Waals surface area contributed by atoms with E-state index in [0.717, 1.165) is 18.4 Å². The predicted molar refractivity (Wildman–Crippen MR) is 99.2 cm³/mol. The van der Waals surface area contributed by atoms with Gasteiger partial charge in [-0.2, -0.15) is 5.26 Å². The molecule has 0 bridgehead atoms. The molecule has 2 aromatic carbocycles. The second kappa shape index (κ2) is 7.77. The molecule has 0 N–H and O–H groups in total. The fourth-order valence-corrected chi connectivity index (χ4v) is 5.52. The topological polar surface area (TPSA) is 96.6 Å². The minimum atomic E-state index is -3.81. The fraction of sp³-hybridized carbons (Fsp3) is 0.222. The van der Waals surface area contributed by atoms with Crippen LogP contribution in [-0.2, 0) is 27.1 Å². The molecule has 10 heteroatoms. The van der Waals surface area contributed by atoms with Crippen molar-refractivity contribution in [2.75, 3.05) is 12.3 Å². The molecular formula is C18H14F2N2O4S2. The summed E-state index contributed by atoms with van der Waals surface area (Å²) in [5.41, 5.74) is 0.757. The molecule has 28 heavy (non-hydrogen) atoms. The van der Waals surface area contributed by atoms with E-state index in [-0.39, 0.29) is 39.7 Å². The standard InChI is InChI=1S/C18H14F2N2O4S2/c1-28(24,25)22-27(10-19)17-5-4-16(14-2-3-15(23)18(14)17)26-13-7-11(9-21)6-12(20)8-13/h4-8H,2-3,10H2,1H3. The van der Waals surface area contributed by atoms with Crippen LogP contribution in [0.15, 0.2) is 39.0 Å². The molecule has 0 saturated heterocycles. The van der Waals surface area contributed by atoms with Crippen molar-refractivity contribution in [3.63, 3.8) is 0 Å². The minimum absolute atomic E-state index is 0.0743. The molecule has 1 atom stereocenters. The first-order valence-corrected chi connectivity index (χ1v) is 11.2. The molecule has 0 aromatic heterocycles. The van der Waals surface area contributed by atoms with Crippen molar-refractivity contribution in [3.05, 3.63) is 52.8 Å². The highest BCUT2D eigenvalue weighted by Gasteiger charge is 2.28. The summed E-state index contributed by atoms with van der Waals surface area (Å²) in [6, 6.07) is 7.15. The van der Waals surface area contributed by atoms with Gasteiger partial charge in [0.05, 0.1) is 17.9 Å². The van der Waals surface area contributed by atoms with Gasteiger partial charge in [-0.1, -0.05) is 0 Å². The zero-order valence-electron chi connectivity index (χ0n) is 14.6. The molecule has 0 fully saturated rings. The second-order valence-electron chi connectivity index (χ2n) is 6.01. The Morgan fingerprint density at radius 1 is 1.29 bits per heavy atom. The number of Topliss-reactive ketones (excluding diaryl/α,β-unsaturated/α-hetero) is 1. The number of nitriles is 1. The number of carbonyl (C=O) groups is 1. The Morgan fingerprint density at radius 2 is 2.04 bits per heavy atom. The van der Waals surface area contributed by atoms with Crippen molar-refractivity contribution in [1.82, 2.24) is 0 Å². The number of fused-ring (bicyclic) bond motifs is 1. The first kappa shape index (κ1) is 20.1. The van der Waals surface area contributed by atoms with E-state index in [9.17, 15) is 22.0 Å². The molecule has 6 nitrogen and oxygen atoms in total. The number of benzene rings is 2. The first-order chi connectivity index (χ1) is 13.2. The first-order valence-electron chi connectivity index (χ1n) is 7.99. The summed E-state index contributed by atoms with van der Waals surface area (Å²) in [6.45, 7) is 0. The summed E-state index contributed by atoms with van der Waals surface area (Å²) in [5.74, 6) is -0.566. The number of hydrogen-bond acceptors (Lipinski definition) is 5. The number of halogens is 2. The Labute approximate surface area is 162 Å². The van der Waals surface area contributed by atoms with Gasteiger partial charge in [0.25, 0.3) is 10.0 Å². The Balaban J connectivity index is 2.10. The molecule has 0 amide bonds. The zero-order chi connectivity index (χ0) is 20.5. The van der Waals surface area contributed by atoms with Gasteiger partial charge >= 0.3 is 0 Å². The van der Waals surface area contributed by atoms with Gasteiger partial charge in [-0.05, 0) is 41.4 Å². The summed E-state index contributed by atoms with van der Waals surface area (Å²) in [7, 11) is -5.45. The van der Waals surface area contributed by atoms with Crippen LogP contribution in [0.1, 0.15) is 27.9 Å². The third kappa shape index (κ3) is 4.26. The Morgan fingerprint density at radius 3 is 2.68 bits per heavy atom. The van der Waals surface area contributed by atoms with E-state index in [2.05, 4.69) is 3.77 Å². The largest absolute Gasteiger partial charge is 0.457 e. The van der Waals surface area contributed by atoms with E-state index in [1.54, 1.807) is 0 Å². The van der Waals surface area contributed by atoms with Gasteiger partial charge in [0.15, 0.2) is 11.8 Å². The molecule has 1 aliphatic carbocycles. The van der Waals surface area contributed by atoms with Crippen molar-refractivity contribution in [1.29, 1.82) is 5.26 Å². The summed E-state index contributed by atoms with van der Waals surface area (Å²) in [6.07, 6.45) is 1.34. The van der Waals surface area contributed by atoms with Crippen molar-refractivity contribution in [2.24, 2.45) is 3.77 Å². The summed E-state index contributed by atoms with van der Waals surface area (Å²) >= 11 is 0. The maximum atomic E-state index is 13.6. The predicted octanol–water partition coefficient (Wildman–Crippen LogP) is 3.67. The van der Waals surface area contributed by atoms with Crippen molar-refractivity contribution in [3.8, 4) is 17.6 Å². The quantitative estimate of drug-likeness (QED) is 0.730. The number of carbonyl (C=O) groups excluding carboxylic acids is 1. The third-order valence-electron chi connectivity index (χ3n) is 3.92. The van der Waals surface area contributed by atoms with E-state index >= 15 is 0 Å². The van der Waals surface area contributed by atoms with E-state index in [4.69, 9.17) is 10.00 Å². The minimum Gasteiger partial charge on any atom is -0.457 e. The van der Waals surface area contributed by atoms with E-state index in [0.29, 0.717) is 12.0 Å². The molecule has 0 aliphatic heterocycles. The smallest absolute Gasteiger partial charge is 0.256 e. The Hall–Kier alpha value is -2.64. The van der Waals surface area contributed by atoms with Crippen LogP contribution in [-0.4, -0.2) is 26.5 Å². The molecule has 3 rings (SSSR count). The van der Waals surface area contributed by atoms with Gasteiger partial charge in [-0.25, -0.2) is 17.2 Å². The Kier molecular flexibility index (Phi) is 5.58. The summed E-state index contributed by atoms with van der Waals surface area (Å²) in [4.78, 5) is 12.6. The van der Waals surface area contributed by atoms with E-state index < -0.39 is 32.5 Å². The lowest BCUT2D eigenvalue weighted by Gasteiger charge is -2.14. The monoisotopic (exact) mass is 424 g/mol. The van der Waals surface area contributed by atoms with Crippen LogP contribution < -0.4 is 4.74 Å². The molecule has 1 unspecified atom stereocenters. The number of alkyl halides is 1. The number of nitrogens with zero attached hydrogens (tertiary/aromatic N) is 2. The van der Waals surface area contributed by atoms with E-state index in [1.807, 2.05) is 6.07 Å². The van der Waals surface area contributed by atoms with Crippen molar-refractivity contribution < 1.29 is 26.7 Å². The average Bonchev–Trinajstić information content (AvgIpc) is 3.01. The molecule has 2 aromatic rings. The summed E-state index contributed by atoms with van der Waals surface area (Å²) in [5, 5.41) is 8.95. The van der Waals surface area contributed by atoms with Crippen LogP contribution in [0.5, 0.6) is 11.5 Å². The van der Waals surface area contributed by atoms with Crippen LogP contribution in [0, 0.1) is 17.1 Å². The second-order valence-corrected chi connectivity index (χ2v) is 9.46. The van der Waals surface area contributed by atoms with Gasteiger partial charge in [-0.3, -0.25) is 4.79 Å².